The molecule has 0 fully saturated rings. The zero-order valence-electron chi connectivity index (χ0n) is 10.4. The lowest BCUT2D eigenvalue weighted by molar-refractivity contribution is -0.136. The smallest absolute Gasteiger partial charge is 0.317 e. The Hall–Kier alpha value is -1.66. The van der Waals surface area contributed by atoms with Gasteiger partial charge < -0.3 is 10.2 Å². The highest BCUT2D eigenvalue weighted by Gasteiger charge is 2.22. The van der Waals surface area contributed by atoms with Gasteiger partial charge in [0.25, 0.3) is 0 Å². The fourth-order valence-electron chi connectivity index (χ4n) is 1.72. The summed E-state index contributed by atoms with van der Waals surface area (Å²) in [6.45, 7) is 1.58. The molecule has 1 aromatic carbocycles. The lowest BCUT2D eigenvalue weighted by Crippen LogP contribution is -2.21. The minimum absolute atomic E-state index is 0.179. The minimum atomic E-state index is -0.950. The van der Waals surface area contributed by atoms with Crippen LogP contribution in [0, 0.1) is 0 Å². The fourth-order valence-corrected chi connectivity index (χ4v) is 2.87. The van der Waals surface area contributed by atoms with Crippen LogP contribution in [0.3, 0.4) is 0 Å². The number of thioether (sulfide) groups is 1. The lowest BCUT2D eigenvalue weighted by atomic mass is 10.2. The topological polar surface area (TPSA) is 83.3 Å². The van der Waals surface area contributed by atoms with Gasteiger partial charge in [0.1, 0.15) is 16.6 Å². The van der Waals surface area contributed by atoms with Gasteiger partial charge in [0.15, 0.2) is 0 Å². The molecule has 5 nitrogen and oxygen atoms in total. The monoisotopic (exact) mass is 278 g/mol. The molecule has 0 aliphatic rings. The first kappa shape index (κ1) is 13.8. The third kappa shape index (κ3) is 3.42. The highest BCUT2D eigenvalue weighted by molar-refractivity contribution is 8.00. The molecule has 19 heavy (non-hydrogen) atoms. The van der Waals surface area contributed by atoms with Crippen molar-refractivity contribution in [2.24, 2.45) is 0 Å². The molecule has 0 radical (unpaired) electrons. The molecule has 0 saturated carbocycles. The van der Waals surface area contributed by atoms with Crippen molar-refractivity contribution >= 4 is 28.6 Å². The van der Waals surface area contributed by atoms with Crippen molar-refractivity contribution < 1.29 is 15.0 Å². The van der Waals surface area contributed by atoms with Crippen molar-refractivity contribution in [2.45, 2.75) is 29.7 Å². The molecule has 0 saturated heterocycles. The Morgan fingerprint density at radius 1 is 1.37 bits per heavy atom. The zero-order valence-corrected chi connectivity index (χ0v) is 11.2. The molecule has 0 bridgehead atoms. The molecule has 0 aliphatic carbocycles. The van der Waals surface area contributed by atoms with Gasteiger partial charge in [-0.2, -0.15) is 0 Å². The van der Waals surface area contributed by atoms with Crippen LogP contribution in [0.25, 0.3) is 10.9 Å². The highest BCUT2D eigenvalue weighted by Crippen LogP contribution is 2.30. The Morgan fingerprint density at radius 2 is 2.11 bits per heavy atom. The number of para-hydroxylation sites is 1. The Kier molecular flexibility index (Phi) is 4.34. The van der Waals surface area contributed by atoms with Crippen molar-refractivity contribution in [1.29, 1.82) is 0 Å². The standard InChI is InChI=1S/C13H14N2O3S/c1-8(16)6-11(13(17)18)19-12-9-4-2-3-5-10(9)14-7-15-12/h2-5,7-8,11,16H,6H2,1H3,(H,17,18)/t8-,11-/m1/s1. The van der Waals surface area contributed by atoms with Gasteiger partial charge in [-0.05, 0) is 19.4 Å². The van der Waals surface area contributed by atoms with Gasteiger partial charge in [0, 0.05) is 5.39 Å². The van der Waals surface area contributed by atoms with Crippen LogP contribution in [-0.2, 0) is 4.79 Å². The molecule has 6 heteroatoms. The Bertz CT molecular complexity index is 584. The maximum absolute atomic E-state index is 11.2. The second-order valence-corrected chi connectivity index (χ2v) is 5.42. The molecule has 1 aromatic heterocycles. The molecule has 0 unspecified atom stereocenters. The summed E-state index contributed by atoms with van der Waals surface area (Å²) in [6, 6.07) is 7.44. The summed E-state index contributed by atoms with van der Waals surface area (Å²) in [6.07, 6.45) is 0.936. The van der Waals surface area contributed by atoms with Gasteiger partial charge in [-0.15, -0.1) is 0 Å². The van der Waals surface area contributed by atoms with E-state index < -0.39 is 17.3 Å². The van der Waals surface area contributed by atoms with Crippen molar-refractivity contribution in [3.8, 4) is 0 Å². The summed E-state index contributed by atoms with van der Waals surface area (Å²) >= 11 is 1.14. The van der Waals surface area contributed by atoms with Crippen LogP contribution in [0.2, 0.25) is 0 Å². The largest absolute Gasteiger partial charge is 0.480 e. The molecule has 2 rings (SSSR count). The van der Waals surface area contributed by atoms with E-state index in [1.54, 1.807) is 6.92 Å². The summed E-state index contributed by atoms with van der Waals surface area (Å²) < 4.78 is 0. The number of nitrogens with zero attached hydrogens (tertiary/aromatic N) is 2. The van der Waals surface area contributed by atoms with Crippen molar-refractivity contribution in [2.75, 3.05) is 0 Å². The van der Waals surface area contributed by atoms with E-state index in [0.29, 0.717) is 5.03 Å². The van der Waals surface area contributed by atoms with E-state index in [9.17, 15) is 15.0 Å². The summed E-state index contributed by atoms with van der Waals surface area (Å²) in [5.74, 6) is -0.950. The first-order valence-corrected chi connectivity index (χ1v) is 6.73. The fraction of sp³-hybridized carbons (Fsp3) is 0.308. The van der Waals surface area contributed by atoms with E-state index in [0.717, 1.165) is 22.7 Å². The average molecular weight is 278 g/mol. The number of aliphatic carboxylic acids is 1. The second kappa shape index (κ2) is 5.99. The van der Waals surface area contributed by atoms with Gasteiger partial charge in [-0.1, -0.05) is 30.0 Å². The third-order valence-electron chi connectivity index (χ3n) is 2.59. The van der Waals surface area contributed by atoms with Crippen LogP contribution in [-0.4, -0.2) is 37.5 Å². The van der Waals surface area contributed by atoms with E-state index in [-0.39, 0.29) is 6.42 Å². The van der Waals surface area contributed by atoms with Gasteiger partial charge in [-0.3, -0.25) is 4.79 Å². The number of aliphatic hydroxyl groups excluding tert-OH is 1. The normalized spacial score (nSPS) is 14.2. The van der Waals surface area contributed by atoms with Crippen LogP contribution >= 0.6 is 11.8 Å². The number of carboxylic acid groups (broad SMARTS) is 1. The molecule has 2 N–H and O–H groups in total. The zero-order chi connectivity index (χ0) is 13.8. The lowest BCUT2D eigenvalue weighted by Gasteiger charge is -2.13. The van der Waals surface area contributed by atoms with Gasteiger partial charge in [0.05, 0.1) is 11.6 Å². The quantitative estimate of drug-likeness (QED) is 0.642. The number of fused-ring (bicyclic) bond motifs is 1. The predicted molar refractivity (Wildman–Crippen MR) is 73.1 cm³/mol. The van der Waals surface area contributed by atoms with Crippen LogP contribution < -0.4 is 0 Å². The van der Waals surface area contributed by atoms with Crippen LogP contribution in [0.15, 0.2) is 35.6 Å². The molecule has 0 amide bonds. The molecular weight excluding hydrogens is 264 g/mol. The number of carbonyl (C=O) groups is 1. The summed E-state index contributed by atoms with van der Waals surface area (Å²) in [5.41, 5.74) is 0.779. The predicted octanol–water partition coefficient (Wildman–Crippen LogP) is 1.95. The number of hydrogen-bond donors (Lipinski definition) is 2. The first-order chi connectivity index (χ1) is 9.08. The van der Waals surface area contributed by atoms with E-state index in [2.05, 4.69) is 9.97 Å². The summed E-state index contributed by atoms with van der Waals surface area (Å²) in [5, 5.41) is 19.3. The van der Waals surface area contributed by atoms with Crippen LogP contribution in [0.4, 0.5) is 0 Å². The number of aromatic nitrogens is 2. The average Bonchev–Trinajstić information content (AvgIpc) is 2.37. The number of hydrogen-bond acceptors (Lipinski definition) is 5. The molecule has 2 atom stereocenters. The van der Waals surface area contributed by atoms with Gasteiger partial charge in [0.2, 0.25) is 0 Å². The molecule has 2 aromatic rings. The number of rotatable bonds is 5. The minimum Gasteiger partial charge on any atom is -0.480 e. The Balaban J connectivity index is 2.31. The van der Waals surface area contributed by atoms with Gasteiger partial charge in [-0.25, -0.2) is 9.97 Å². The molecule has 100 valence electrons. The Labute approximate surface area is 114 Å². The molecule has 0 spiro atoms. The van der Waals surface area contributed by atoms with E-state index in [1.165, 1.54) is 6.33 Å². The van der Waals surface area contributed by atoms with Crippen molar-refractivity contribution in [1.82, 2.24) is 9.97 Å². The first-order valence-electron chi connectivity index (χ1n) is 5.85. The summed E-state index contributed by atoms with van der Waals surface area (Å²) in [4.78, 5) is 19.5. The van der Waals surface area contributed by atoms with E-state index in [4.69, 9.17) is 0 Å². The molecule has 0 aliphatic heterocycles. The maximum Gasteiger partial charge on any atom is 0.317 e. The summed E-state index contributed by atoms with van der Waals surface area (Å²) in [7, 11) is 0. The molecule has 1 heterocycles. The SMILES string of the molecule is C[C@@H](O)C[C@@H](Sc1ncnc2ccccc12)C(=O)O. The van der Waals surface area contributed by atoms with Crippen molar-refractivity contribution in [3.63, 3.8) is 0 Å². The maximum atomic E-state index is 11.2. The van der Waals surface area contributed by atoms with E-state index >= 15 is 0 Å². The van der Waals surface area contributed by atoms with Crippen LogP contribution in [0.5, 0.6) is 0 Å². The molecular formula is C13H14N2O3S. The van der Waals surface area contributed by atoms with Crippen molar-refractivity contribution in [3.05, 3.63) is 30.6 Å². The third-order valence-corrected chi connectivity index (χ3v) is 3.82. The van der Waals surface area contributed by atoms with Crippen LogP contribution in [0.1, 0.15) is 13.3 Å². The number of aliphatic hydroxyl groups is 1. The number of benzene rings is 1. The Morgan fingerprint density at radius 3 is 2.79 bits per heavy atom. The number of carboxylic acids is 1. The highest BCUT2D eigenvalue weighted by atomic mass is 32.2. The van der Waals surface area contributed by atoms with Gasteiger partial charge >= 0.3 is 5.97 Å². The second-order valence-electron chi connectivity index (χ2n) is 4.23. The van der Waals surface area contributed by atoms with E-state index in [1.807, 2.05) is 24.3 Å².